The zero-order chi connectivity index (χ0) is 16.3. The number of rotatable bonds is 1. The van der Waals surface area contributed by atoms with Crippen molar-refractivity contribution in [2.45, 2.75) is 6.92 Å². The number of aromatic hydroxyl groups is 1. The van der Waals surface area contributed by atoms with Crippen molar-refractivity contribution in [2.24, 2.45) is 0 Å². The summed E-state index contributed by atoms with van der Waals surface area (Å²) in [5.41, 5.74) is 3.87. The highest BCUT2D eigenvalue weighted by atomic mass is 35.7. The highest BCUT2D eigenvalue weighted by Crippen LogP contribution is 2.28. The van der Waals surface area contributed by atoms with Crippen LogP contribution in [-0.2, 0) is 0 Å². The molecule has 0 saturated heterocycles. The molecule has 2 heterocycles. The van der Waals surface area contributed by atoms with Crippen LogP contribution in [0.3, 0.4) is 0 Å². The van der Waals surface area contributed by atoms with Gasteiger partial charge in [-0.3, -0.25) is 0 Å². The standard InChI is InChI=1S/C14H12N2O.ClHO4/c1-10-5-6-13(17)11(8-10)12-9-16-7-3-2-4-14(16)15-12;2-1(3,4)5/h2-9,17H,1H3;(H,2,3,4,5). The molecule has 0 aliphatic carbocycles. The summed E-state index contributed by atoms with van der Waals surface area (Å²) in [6, 6.07) is 11.5. The number of phenols is 1. The van der Waals surface area contributed by atoms with E-state index in [1.165, 1.54) is 0 Å². The van der Waals surface area contributed by atoms with E-state index in [1.807, 2.05) is 54.0 Å². The van der Waals surface area contributed by atoms with Crippen molar-refractivity contribution in [3.05, 3.63) is 54.4 Å². The summed E-state index contributed by atoms with van der Waals surface area (Å²) in [7, 11) is -4.94. The van der Waals surface area contributed by atoms with Gasteiger partial charge in [-0.15, -0.1) is 10.2 Å². The molecule has 0 saturated carbocycles. The molecule has 22 heavy (non-hydrogen) atoms. The molecule has 0 aliphatic heterocycles. The molecule has 2 aromatic heterocycles. The molecule has 8 heteroatoms. The Labute approximate surface area is 128 Å². The predicted molar refractivity (Wildman–Crippen MR) is 65.8 cm³/mol. The first-order chi connectivity index (χ1) is 10.2. The second kappa shape index (κ2) is 6.30. The van der Waals surface area contributed by atoms with Crippen molar-refractivity contribution in [2.75, 3.05) is 0 Å². The van der Waals surface area contributed by atoms with Crippen LogP contribution in [0.1, 0.15) is 5.56 Å². The summed E-state index contributed by atoms with van der Waals surface area (Å²) in [6.07, 6.45) is 3.95. The Balaban J connectivity index is 0.000000309. The van der Waals surface area contributed by atoms with Gasteiger partial charge in [-0.25, -0.2) is 28.0 Å². The monoisotopic (exact) mass is 324 g/mol. The average molecular weight is 325 g/mol. The maximum atomic E-state index is 9.88. The topological polar surface area (TPSA) is 132 Å². The molecule has 0 bridgehead atoms. The largest absolute Gasteiger partial charge is 0.507 e. The third kappa shape index (κ3) is 4.42. The van der Waals surface area contributed by atoms with Crippen molar-refractivity contribution >= 4 is 5.65 Å². The van der Waals surface area contributed by atoms with Gasteiger partial charge in [0.15, 0.2) is 5.69 Å². The zero-order valence-electron chi connectivity index (χ0n) is 11.5. The summed E-state index contributed by atoms with van der Waals surface area (Å²) in [5, 5.41) is 9.88. The lowest BCUT2D eigenvalue weighted by atomic mass is 10.1. The zero-order valence-corrected chi connectivity index (χ0v) is 12.3. The number of nitrogens with zero attached hydrogens (tertiary/aromatic N) is 1. The molecule has 3 rings (SSSR count). The molecule has 7 nitrogen and oxygen atoms in total. The molecular formula is C14H13ClN2O5. The van der Waals surface area contributed by atoms with Gasteiger partial charge in [-0.1, -0.05) is 17.7 Å². The summed E-state index contributed by atoms with van der Waals surface area (Å²) >= 11 is 0. The van der Waals surface area contributed by atoms with Gasteiger partial charge in [0.1, 0.15) is 11.9 Å². The van der Waals surface area contributed by atoms with E-state index in [2.05, 4.69) is 4.98 Å². The maximum Gasteiger partial charge on any atom is 0.284 e. The predicted octanol–water partition coefficient (Wildman–Crippen LogP) is -2.32. The number of hydrogen-bond acceptors (Lipinski definition) is 5. The number of pyridine rings is 1. The Kier molecular flexibility index (Phi) is 4.65. The van der Waals surface area contributed by atoms with E-state index >= 15 is 0 Å². The third-order valence-corrected chi connectivity index (χ3v) is 2.86. The van der Waals surface area contributed by atoms with Gasteiger partial charge in [0.05, 0.1) is 11.8 Å². The van der Waals surface area contributed by atoms with Crippen LogP contribution >= 0.6 is 0 Å². The molecule has 0 fully saturated rings. The normalized spacial score (nSPS) is 11.1. The van der Waals surface area contributed by atoms with Gasteiger partial charge in [-0.05, 0) is 25.1 Å². The van der Waals surface area contributed by atoms with E-state index in [4.69, 9.17) is 18.6 Å². The molecule has 0 spiro atoms. The minimum atomic E-state index is -4.94. The number of hydrogen-bond donors (Lipinski definition) is 2. The van der Waals surface area contributed by atoms with Gasteiger partial charge in [0.2, 0.25) is 0 Å². The lowest BCUT2D eigenvalue weighted by Crippen LogP contribution is -2.68. The second-order valence-electron chi connectivity index (χ2n) is 4.56. The lowest BCUT2D eigenvalue weighted by Gasteiger charge is -2.17. The number of benzene rings is 1. The smallest absolute Gasteiger partial charge is 0.284 e. The minimum absolute atomic E-state index is 0.294. The molecule has 0 amide bonds. The van der Waals surface area contributed by atoms with Gasteiger partial charge < -0.3 is 5.11 Å². The SMILES string of the molecule is Cc1ccc(O)c(-c2c[n+]3ccccc3[nH]2)c1.[O-][Cl+3]([O-])([O-])[O-]. The molecule has 3 aromatic rings. The fourth-order valence-corrected chi connectivity index (χ4v) is 1.99. The summed E-state index contributed by atoms with van der Waals surface area (Å²) in [4.78, 5) is 3.28. The first kappa shape index (κ1) is 16.2. The lowest BCUT2D eigenvalue weighted by molar-refractivity contribution is -2.00. The van der Waals surface area contributed by atoms with E-state index in [9.17, 15) is 5.11 Å². The number of H-pyrrole nitrogens is 1. The van der Waals surface area contributed by atoms with Crippen LogP contribution in [0.4, 0.5) is 0 Å². The van der Waals surface area contributed by atoms with Crippen LogP contribution in [0.25, 0.3) is 16.9 Å². The molecule has 0 aliphatic rings. The number of aryl methyl sites for hydroxylation is 1. The van der Waals surface area contributed by atoms with Gasteiger partial charge in [0, 0.05) is 6.07 Å². The van der Waals surface area contributed by atoms with Crippen molar-refractivity contribution in [3.8, 4) is 17.0 Å². The van der Waals surface area contributed by atoms with Crippen LogP contribution in [-0.4, -0.2) is 10.1 Å². The average Bonchev–Trinajstić information content (AvgIpc) is 2.83. The highest BCUT2D eigenvalue weighted by molar-refractivity contribution is 5.67. The fraction of sp³-hybridized carbons (Fsp3) is 0.0714. The molecular weight excluding hydrogens is 312 g/mol. The molecule has 2 N–H and O–H groups in total. The first-order valence-electron chi connectivity index (χ1n) is 6.15. The van der Waals surface area contributed by atoms with E-state index in [-0.39, 0.29) is 0 Å². The number of aromatic nitrogens is 2. The number of aromatic amines is 1. The van der Waals surface area contributed by atoms with Crippen molar-refractivity contribution in [1.82, 2.24) is 4.98 Å². The summed E-state index contributed by atoms with van der Waals surface area (Å²) in [5.74, 6) is 0.294. The quantitative estimate of drug-likeness (QED) is 0.485. The Morgan fingerprint density at radius 1 is 1.09 bits per heavy atom. The first-order valence-corrected chi connectivity index (χ1v) is 7.38. The Bertz CT molecular complexity index is 743. The maximum absolute atomic E-state index is 9.88. The van der Waals surface area contributed by atoms with Crippen LogP contribution in [0.15, 0.2) is 48.8 Å². The van der Waals surface area contributed by atoms with E-state index < -0.39 is 10.2 Å². The Morgan fingerprint density at radius 3 is 2.41 bits per heavy atom. The summed E-state index contributed by atoms with van der Waals surface area (Å²) in [6.45, 7) is 2.01. The minimum Gasteiger partial charge on any atom is -0.507 e. The fourth-order valence-electron chi connectivity index (χ4n) is 1.99. The van der Waals surface area contributed by atoms with Crippen LogP contribution < -0.4 is 23.0 Å². The molecule has 116 valence electrons. The second-order valence-corrected chi connectivity index (χ2v) is 5.32. The molecule has 0 radical (unpaired) electrons. The molecule has 1 aromatic carbocycles. The number of nitrogens with one attached hydrogen (secondary N) is 1. The van der Waals surface area contributed by atoms with Gasteiger partial charge in [-0.2, -0.15) is 0 Å². The number of imidazole rings is 1. The van der Waals surface area contributed by atoms with Gasteiger partial charge in [0.25, 0.3) is 5.65 Å². The van der Waals surface area contributed by atoms with Gasteiger partial charge >= 0.3 is 0 Å². The number of fused-ring (bicyclic) bond motifs is 1. The number of halogens is 1. The van der Waals surface area contributed by atoms with Crippen molar-refractivity contribution in [1.29, 1.82) is 0 Å². The Morgan fingerprint density at radius 2 is 1.77 bits per heavy atom. The molecule has 0 atom stereocenters. The van der Waals surface area contributed by atoms with Crippen LogP contribution in [0.2, 0.25) is 0 Å². The van der Waals surface area contributed by atoms with Crippen molar-refractivity contribution in [3.63, 3.8) is 0 Å². The van der Waals surface area contributed by atoms with Crippen molar-refractivity contribution < 1.29 is 38.4 Å². The van der Waals surface area contributed by atoms with Crippen LogP contribution in [0.5, 0.6) is 5.75 Å². The molecule has 0 unspecified atom stereocenters. The number of phenolic OH excluding ortho intramolecular Hbond substituents is 1. The summed E-state index contributed by atoms with van der Waals surface area (Å²) < 4.78 is 36.0. The third-order valence-electron chi connectivity index (χ3n) is 2.86. The van der Waals surface area contributed by atoms with E-state index in [1.54, 1.807) is 6.07 Å². The van der Waals surface area contributed by atoms with Crippen LogP contribution in [0, 0.1) is 17.2 Å². The van der Waals surface area contributed by atoms with E-state index in [0.29, 0.717) is 5.75 Å². The highest BCUT2D eigenvalue weighted by Gasteiger charge is 2.13. The Hall–Kier alpha value is -2.16. The van der Waals surface area contributed by atoms with E-state index in [0.717, 1.165) is 22.5 Å².